The van der Waals surface area contributed by atoms with E-state index in [-0.39, 0.29) is 18.1 Å². The Balaban J connectivity index is 1.40. The third-order valence-corrected chi connectivity index (χ3v) is 8.48. The zero-order valence-corrected chi connectivity index (χ0v) is 23.3. The van der Waals surface area contributed by atoms with Crippen LogP contribution >= 0.6 is 0 Å². The number of carboxylic acids is 1. The van der Waals surface area contributed by atoms with Crippen molar-refractivity contribution in [3.63, 3.8) is 0 Å². The molecular weight excluding hydrogens is 509 g/mol. The molecule has 0 unspecified atom stereocenters. The molecule has 40 heavy (non-hydrogen) atoms. The van der Waals surface area contributed by atoms with Gasteiger partial charge in [0.1, 0.15) is 17.3 Å². The number of fused-ring (bicyclic) bond motifs is 3. The Labute approximate surface area is 233 Å². The van der Waals surface area contributed by atoms with Crippen molar-refractivity contribution in [2.75, 3.05) is 13.2 Å². The lowest BCUT2D eigenvalue weighted by Gasteiger charge is -2.19. The average molecular weight is 546 g/mol. The van der Waals surface area contributed by atoms with Gasteiger partial charge >= 0.3 is 5.97 Å². The van der Waals surface area contributed by atoms with Crippen molar-refractivity contribution in [1.29, 1.82) is 0 Å². The molecule has 4 aromatic rings. The minimum Gasteiger partial charge on any atom is -0.493 e. The lowest BCUT2D eigenvalue weighted by Crippen LogP contribution is -2.12. The van der Waals surface area contributed by atoms with E-state index in [1.165, 1.54) is 30.0 Å². The monoisotopic (exact) mass is 545 g/mol. The van der Waals surface area contributed by atoms with Gasteiger partial charge < -0.3 is 19.1 Å². The first-order valence-electron chi connectivity index (χ1n) is 14.4. The molecule has 0 spiro atoms. The van der Waals surface area contributed by atoms with Gasteiger partial charge in [-0.1, -0.05) is 12.1 Å². The summed E-state index contributed by atoms with van der Waals surface area (Å²) in [5.41, 5.74) is 6.86. The van der Waals surface area contributed by atoms with Gasteiger partial charge in [0.25, 0.3) is 0 Å². The van der Waals surface area contributed by atoms with Crippen LogP contribution in [0.2, 0.25) is 0 Å². The molecule has 0 saturated carbocycles. The maximum absolute atomic E-state index is 15.8. The zero-order chi connectivity index (χ0) is 27.8. The number of hydrogen-bond donors (Lipinski definition) is 1. The van der Waals surface area contributed by atoms with E-state index in [0.29, 0.717) is 54.9 Å². The summed E-state index contributed by atoms with van der Waals surface area (Å²) in [6.07, 6.45) is 7.20. The van der Waals surface area contributed by atoms with Crippen molar-refractivity contribution in [1.82, 2.24) is 14.3 Å². The third-order valence-electron chi connectivity index (χ3n) is 8.48. The smallest absolute Gasteiger partial charge is 0.352 e. The Bertz CT molecular complexity index is 1590. The molecule has 0 saturated heterocycles. The molecule has 0 amide bonds. The fourth-order valence-electron chi connectivity index (χ4n) is 6.51. The quantitative estimate of drug-likeness (QED) is 0.284. The van der Waals surface area contributed by atoms with Gasteiger partial charge in [-0.3, -0.25) is 4.68 Å². The van der Waals surface area contributed by atoms with E-state index in [0.717, 1.165) is 48.1 Å². The standard InChI is InChI=1S/C32H36FN3O4/c1-20-28-26(34-35(20)2)19-39-17-6-5-16-36-30-24(14-15-25(33)29(28)30)23(31(36)32(37)38)12-8-18-40-27-13-7-10-21-9-3-4-11-22(21)27/h7,10,13-15H,3-6,8-9,11-12,16-19H2,1-2H3,(H,37,38). The summed E-state index contributed by atoms with van der Waals surface area (Å²) < 4.78 is 31.4. The van der Waals surface area contributed by atoms with Crippen molar-refractivity contribution in [2.45, 2.75) is 71.4 Å². The minimum atomic E-state index is -0.996. The van der Waals surface area contributed by atoms with Crippen LogP contribution in [0.5, 0.6) is 5.75 Å². The minimum absolute atomic E-state index is 0.238. The Kier molecular flexibility index (Phi) is 7.36. The summed E-state index contributed by atoms with van der Waals surface area (Å²) in [6.45, 7) is 3.69. The number of carboxylic acid groups (broad SMARTS) is 1. The molecule has 3 heterocycles. The highest BCUT2D eigenvalue weighted by molar-refractivity contribution is 6.04. The number of benzene rings is 2. The normalized spacial score (nSPS) is 15.4. The second-order valence-electron chi connectivity index (χ2n) is 10.9. The van der Waals surface area contributed by atoms with Crippen LogP contribution in [0.25, 0.3) is 22.0 Å². The summed E-state index contributed by atoms with van der Waals surface area (Å²) in [5, 5.41) is 15.8. The van der Waals surface area contributed by atoms with E-state index >= 15 is 4.39 Å². The Hall–Kier alpha value is -3.65. The third kappa shape index (κ3) is 4.68. The summed E-state index contributed by atoms with van der Waals surface area (Å²) in [5.74, 6) is -0.438. The predicted molar refractivity (Wildman–Crippen MR) is 152 cm³/mol. The van der Waals surface area contributed by atoms with Crippen molar-refractivity contribution in [3.8, 4) is 16.9 Å². The Morgan fingerprint density at radius 1 is 1.12 bits per heavy atom. The number of hydrogen-bond acceptors (Lipinski definition) is 4. The maximum Gasteiger partial charge on any atom is 0.352 e. The number of halogens is 1. The zero-order valence-electron chi connectivity index (χ0n) is 23.3. The van der Waals surface area contributed by atoms with E-state index < -0.39 is 5.97 Å². The molecule has 7 nitrogen and oxygen atoms in total. The lowest BCUT2D eigenvalue weighted by atomic mass is 9.91. The summed E-state index contributed by atoms with van der Waals surface area (Å²) in [6, 6.07) is 9.48. The van der Waals surface area contributed by atoms with Crippen LogP contribution in [0, 0.1) is 12.7 Å². The molecule has 2 aromatic heterocycles. The first-order valence-corrected chi connectivity index (χ1v) is 14.4. The van der Waals surface area contributed by atoms with Crippen molar-refractivity contribution in [2.24, 2.45) is 7.05 Å². The second kappa shape index (κ2) is 11.1. The van der Waals surface area contributed by atoms with Crippen LogP contribution in [0.1, 0.15) is 70.7 Å². The Morgan fingerprint density at radius 2 is 1.98 bits per heavy atom. The van der Waals surface area contributed by atoms with Crippen LogP contribution in [0.4, 0.5) is 4.39 Å². The van der Waals surface area contributed by atoms with E-state index in [2.05, 4.69) is 17.2 Å². The fourth-order valence-corrected chi connectivity index (χ4v) is 6.51. The van der Waals surface area contributed by atoms with Gasteiger partial charge in [0.2, 0.25) is 0 Å². The fraction of sp³-hybridized carbons (Fsp3) is 0.438. The van der Waals surface area contributed by atoms with Crippen molar-refractivity contribution in [3.05, 3.63) is 69.9 Å². The molecule has 2 aromatic carbocycles. The summed E-state index contributed by atoms with van der Waals surface area (Å²) in [7, 11) is 1.84. The first-order chi connectivity index (χ1) is 19.5. The van der Waals surface area contributed by atoms with Gasteiger partial charge in [-0.25, -0.2) is 9.18 Å². The van der Waals surface area contributed by atoms with Gasteiger partial charge in [-0.2, -0.15) is 5.10 Å². The molecule has 0 radical (unpaired) electrons. The molecule has 0 bridgehead atoms. The van der Waals surface area contributed by atoms with Crippen LogP contribution in [0.15, 0.2) is 30.3 Å². The van der Waals surface area contributed by atoms with E-state index in [1.807, 2.05) is 24.6 Å². The van der Waals surface area contributed by atoms with Gasteiger partial charge in [-0.05, 0) is 93.2 Å². The van der Waals surface area contributed by atoms with Gasteiger partial charge in [-0.15, -0.1) is 0 Å². The largest absolute Gasteiger partial charge is 0.493 e. The van der Waals surface area contributed by atoms with Gasteiger partial charge in [0, 0.05) is 42.4 Å². The van der Waals surface area contributed by atoms with Crippen LogP contribution in [-0.4, -0.2) is 38.6 Å². The number of carbonyl (C=O) groups is 1. The molecular formula is C32H36FN3O4. The van der Waals surface area contributed by atoms with Crippen molar-refractivity contribution >= 4 is 16.9 Å². The number of rotatable bonds is 6. The Morgan fingerprint density at radius 3 is 2.83 bits per heavy atom. The number of nitrogens with zero attached hydrogens (tertiary/aromatic N) is 3. The van der Waals surface area contributed by atoms with Crippen LogP contribution < -0.4 is 4.74 Å². The SMILES string of the molecule is Cc1c2c(nn1C)COCCCCn1c(C(=O)O)c(CCCOc3cccc4c3CCCC4)c3ccc(F)c-2c31. The topological polar surface area (TPSA) is 78.5 Å². The van der Waals surface area contributed by atoms with E-state index in [1.54, 1.807) is 10.7 Å². The number of aromatic carboxylic acids is 1. The molecule has 6 rings (SSSR count). The second-order valence-corrected chi connectivity index (χ2v) is 10.9. The molecule has 2 aliphatic rings. The van der Waals surface area contributed by atoms with E-state index in [4.69, 9.17) is 9.47 Å². The van der Waals surface area contributed by atoms with Crippen LogP contribution in [-0.2, 0) is 44.2 Å². The maximum atomic E-state index is 15.8. The van der Waals surface area contributed by atoms with Gasteiger partial charge in [0.05, 0.1) is 24.4 Å². The molecule has 0 atom stereocenters. The predicted octanol–water partition coefficient (Wildman–Crippen LogP) is 6.39. The number of aromatic nitrogens is 3. The first kappa shape index (κ1) is 26.6. The lowest BCUT2D eigenvalue weighted by molar-refractivity contribution is 0.0683. The van der Waals surface area contributed by atoms with Crippen LogP contribution in [0.3, 0.4) is 0 Å². The highest BCUT2D eigenvalue weighted by Gasteiger charge is 2.29. The molecule has 1 aliphatic heterocycles. The highest BCUT2D eigenvalue weighted by atomic mass is 19.1. The average Bonchev–Trinajstić information content (AvgIpc) is 3.40. The number of aryl methyl sites for hydroxylation is 4. The molecule has 8 heteroatoms. The molecule has 1 N–H and O–H groups in total. The highest BCUT2D eigenvalue weighted by Crippen LogP contribution is 2.40. The number of ether oxygens (including phenoxy) is 2. The van der Waals surface area contributed by atoms with E-state index in [9.17, 15) is 9.90 Å². The molecule has 0 fully saturated rings. The summed E-state index contributed by atoms with van der Waals surface area (Å²) in [4.78, 5) is 12.8. The van der Waals surface area contributed by atoms with Gasteiger partial charge in [0.15, 0.2) is 0 Å². The van der Waals surface area contributed by atoms with Crippen molar-refractivity contribution < 1.29 is 23.8 Å². The molecule has 210 valence electrons. The summed E-state index contributed by atoms with van der Waals surface area (Å²) >= 11 is 0. The molecule has 1 aliphatic carbocycles.